The number of hydrogen-bond acceptors (Lipinski definition) is 4. The normalized spacial score (nSPS) is 11.8. The van der Waals surface area contributed by atoms with E-state index in [1.807, 2.05) is 41.4 Å². The number of benzene rings is 1. The Morgan fingerprint density at radius 2 is 2.32 bits per heavy atom. The number of hydrogen-bond donors (Lipinski definition) is 1. The molecule has 2 aromatic rings. The fraction of sp³-hybridized carbons (Fsp3) is 0.286. The van der Waals surface area contributed by atoms with E-state index in [4.69, 9.17) is 0 Å². The summed E-state index contributed by atoms with van der Waals surface area (Å²) in [6.45, 7) is 2.84. The molecule has 1 N–H and O–H groups in total. The average molecular weight is 272 g/mol. The molecule has 4 nitrogen and oxygen atoms in total. The van der Waals surface area contributed by atoms with Crippen molar-refractivity contribution in [1.82, 2.24) is 9.78 Å². The van der Waals surface area contributed by atoms with Crippen LogP contribution in [0, 0.1) is 11.3 Å². The highest BCUT2D eigenvalue weighted by Crippen LogP contribution is 2.26. The highest BCUT2D eigenvalue weighted by molar-refractivity contribution is 7.98. The van der Waals surface area contributed by atoms with Crippen molar-refractivity contribution in [1.29, 1.82) is 5.26 Å². The van der Waals surface area contributed by atoms with Gasteiger partial charge in [0.25, 0.3) is 0 Å². The van der Waals surface area contributed by atoms with Gasteiger partial charge in [-0.3, -0.25) is 4.68 Å². The Balaban J connectivity index is 2.12. The molecule has 1 aromatic carbocycles. The Kier molecular flexibility index (Phi) is 4.48. The van der Waals surface area contributed by atoms with Gasteiger partial charge in [-0.2, -0.15) is 10.4 Å². The molecule has 5 heteroatoms. The van der Waals surface area contributed by atoms with Crippen molar-refractivity contribution in [2.24, 2.45) is 0 Å². The zero-order valence-electron chi connectivity index (χ0n) is 11.0. The minimum Gasteiger partial charge on any atom is -0.380 e. The Morgan fingerprint density at radius 1 is 1.47 bits per heavy atom. The van der Waals surface area contributed by atoms with Crippen LogP contribution in [0.2, 0.25) is 0 Å². The third kappa shape index (κ3) is 3.30. The van der Waals surface area contributed by atoms with E-state index in [1.54, 1.807) is 18.0 Å². The van der Waals surface area contributed by atoms with Crippen LogP contribution >= 0.6 is 11.8 Å². The molecule has 0 fully saturated rings. The minimum atomic E-state index is 0.198. The molecule has 1 unspecified atom stereocenters. The summed E-state index contributed by atoms with van der Waals surface area (Å²) in [6.07, 6.45) is 5.68. The summed E-state index contributed by atoms with van der Waals surface area (Å²) in [7, 11) is 0. The van der Waals surface area contributed by atoms with Crippen molar-refractivity contribution in [3.8, 4) is 6.07 Å². The van der Waals surface area contributed by atoms with Crippen molar-refractivity contribution in [3.63, 3.8) is 0 Å². The largest absolute Gasteiger partial charge is 0.380 e. The molecule has 2 rings (SSSR count). The van der Waals surface area contributed by atoms with Crippen LogP contribution in [0.4, 0.5) is 5.69 Å². The summed E-state index contributed by atoms with van der Waals surface area (Å²) < 4.78 is 1.88. The maximum Gasteiger partial charge on any atom is 0.102 e. The summed E-state index contributed by atoms with van der Waals surface area (Å²) in [4.78, 5) is 0.999. The Bertz CT molecular complexity index is 572. The number of nitrogens with zero attached hydrogens (tertiary/aromatic N) is 3. The van der Waals surface area contributed by atoms with Crippen molar-refractivity contribution < 1.29 is 0 Å². The zero-order chi connectivity index (χ0) is 13.7. The fourth-order valence-electron chi connectivity index (χ4n) is 1.94. The molecular formula is C14H16N4S. The molecule has 1 heterocycles. The van der Waals surface area contributed by atoms with Crippen LogP contribution in [0.5, 0.6) is 0 Å². The number of nitrogens with one attached hydrogen (secondary N) is 1. The summed E-state index contributed by atoms with van der Waals surface area (Å²) in [5.41, 5.74) is 1.59. The molecule has 0 aliphatic heterocycles. The molecule has 0 saturated carbocycles. The van der Waals surface area contributed by atoms with Gasteiger partial charge in [-0.25, -0.2) is 0 Å². The van der Waals surface area contributed by atoms with E-state index >= 15 is 0 Å². The summed E-state index contributed by atoms with van der Waals surface area (Å²) >= 11 is 1.59. The third-order valence-electron chi connectivity index (χ3n) is 2.78. The lowest BCUT2D eigenvalue weighted by Crippen LogP contribution is -2.22. The lowest BCUT2D eigenvalue weighted by Gasteiger charge is -2.17. The van der Waals surface area contributed by atoms with Gasteiger partial charge >= 0.3 is 0 Å². The van der Waals surface area contributed by atoms with E-state index in [9.17, 15) is 5.26 Å². The van der Waals surface area contributed by atoms with E-state index in [2.05, 4.69) is 23.4 Å². The van der Waals surface area contributed by atoms with Gasteiger partial charge in [-0.1, -0.05) is 6.07 Å². The Labute approximate surface area is 117 Å². The SMILES string of the molecule is CSc1cccc(NC(C)Cn2cccn2)c1C#N. The van der Waals surface area contributed by atoms with Gasteiger partial charge in [-0.05, 0) is 31.4 Å². The second kappa shape index (κ2) is 6.30. The second-order valence-corrected chi connectivity index (χ2v) is 5.12. The standard InChI is InChI=1S/C14H16N4S/c1-11(10-18-8-4-7-16-18)17-13-5-3-6-14(19-2)12(13)9-15/h3-8,11,17H,10H2,1-2H3. The lowest BCUT2D eigenvalue weighted by atomic mass is 10.1. The van der Waals surface area contributed by atoms with Gasteiger partial charge in [0.05, 0.1) is 17.8 Å². The number of anilines is 1. The third-order valence-corrected chi connectivity index (χ3v) is 3.56. The quantitative estimate of drug-likeness (QED) is 0.850. The molecular weight excluding hydrogens is 256 g/mol. The Morgan fingerprint density at radius 3 is 2.95 bits per heavy atom. The maximum absolute atomic E-state index is 9.28. The molecule has 19 heavy (non-hydrogen) atoms. The molecule has 1 aromatic heterocycles. The number of thioether (sulfide) groups is 1. The first-order valence-electron chi connectivity index (χ1n) is 6.05. The molecule has 0 aliphatic carbocycles. The molecule has 0 saturated heterocycles. The van der Waals surface area contributed by atoms with E-state index in [0.717, 1.165) is 17.1 Å². The van der Waals surface area contributed by atoms with Crippen molar-refractivity contribution >= 4 is 17.4 Å². The van der Waals surface area contributed by atoms with Crippen LogP contribution in [0.3, 0.4) is 0 Å². The van der Waals surface area contributed by atoms with E-state index < -0.39 is 0 Å². The van der Waals surface area contributed by atoms with Crippen molar-refractivity contribution in [2.45, 2.75) is 24.4 Å². The Hall–Kier alpha value is -1.93. The molecule has 0 amide bonds. The fourth-order valence-corrected chi connectivity index (χ4v) is 2.51. The predicted octanol–water partition coefficient (Wildman–Crippen LogP) is 2.98. The average Bonchev–Trinajstić information content (AvgIpc) is 2.91. The molecule has 0 bridgehead atoms. The number of nitriles is 1. The minimum absolute atomic E-state index is 0.198. The summed E-state index contributed by atoms with van der Waals surface area (Å²) in [5, 5.41) is 16.8. The van der Waals surface area contributed by atoms with Gasteiger partial charge in [-0.15, -0.1) is 11.8 Å². The van der Waals surface area contributed by atoms with E-state index in [0.29, 0.717) is 5.56 Å². The van der Waals surface area contributed by atoms with Crippen molar-refractivity contribution in [2.75, 3.05) is 11.6 Å². The highest BCUT2D eigenvalue weighted by atomic mass is 32.2. The molecule has 1 atom stereocenters. The van der Waals surface area contributed by atoms with E-state index in [-0.39, 0.29) is 6.04 Å². The first-order chi connectivity index (χ1) is 9.24. The van der Waals surface area contributed by atoms with Crippen LogP contribution in [-0.2, 0) is 6.54 Å². The first kappa shape index (κ1) is 13.5. The zero-order valence-corrected chi connectivity index (χ0v) is 11.8. The molecule has 0 radical (unpaired) electrons. The monoisotopic (exact) mass is 272 g/mol. The van der Waals surface area contributed by atoms with Gasteiger partial charge in [0.15, 0.2) is 0 Å². The van der Waals surface area contributed by atoms with Crippen LogP contribution in [0.25, 0.3) is 0 Å². The smallest absolute Gasteiger partial charge is 0.102 e. The van der Waals surface area contributed by atoms with Gasteiger partial charge in [0.2, 0.25) is 0 Å². The summed E-state index contributed by atoms with van der Waals surface area (Å²) in [6, 6.07) is 10.3. The van der Waals surface area contributed by atoms with Gasteiger partial charge in [0, 0.05) is 23.3 Å². The lowest BCUT2D eigenvalue weighted by molar-refractivity contribution is 0.561. The highest BCUT2D eigenvalue weighted by Gasteiger charge is 2.10. The maximum atomic E-state index is 9.28. The van der Waals surface area contributed by atoms with Crippen LogP contribution < -0.4 is 5.32 Å². The number of aromatic nitrogens is 2. The topological polar surface area (TPSA) is 53.6 Å². The van der Waals surface area contributed by atoms with Gasteiger partial charge < -0.3 is 5.32 Å². The number of rotatable bonds is 5. The first-order valence-corrected chi connectivity index (χ1v) is 7.28. The predicted molar refractivity (Wildman–Crippen MR) is 78.2 cm³/mol. The molecule has 98 valence electrons. The van der Waals surface area contributed by atoms with Crippen LogP contribution in [-0.4, -0.2) is 22.1 Å². The van der Waals surface area contributed by atoms with Crippen molar-refractivity contribution in [3.05, 3.63) is 42.2 Å². The van der Waals surface area contributed by atoms with E-state index in [1.165, 1.54) is 0 Å². The van der Waals surface area contributed by atoms with Gasteiger partial charge in [0.1, 0.15) is 6.07 Å². The van der Waals surface area contributed by atoms with Crippen LogP contribution in [0.15, 0.2) is 41.6 Å². The summed E-state index contributed by atoms with van der Waals surface area (Å²) in [5.74, 6) is 0. The molecule has 0 aliphatic rings. The second-order valence-electron chi connectivity index (χ2n) is 4.27. The van der Waals surface area contributed by atoms with Crippen LogP contribution in [0.1, 0.15) is 12.5 Å². The molecule has 0 spiro atoms.